The lowest BCUT2D eigenvalue weighted by molar-refractivity contribution is -0.147. The summed E-state index contributed by atoms with van der Waals surface area (Å²) in [6.07, 6.45) is -10.3. The van der Waals surface area contributed by atoms with E-state index in [2.05, 4.69) is 15.0 Å². The summed E-state index contributed by atoms with van der Waals surface area (Å²) in [7, 11) is 0. The van der Waals surface area contributed by atoms with Crippen LogP contribution in [-0.2, 0) is 18.8 Å². The molecule has 4 aromatic rings. The van der Waals surface area contributed by atoms with Crippen molar-refractivity contribution < 1.29 is 35.1 Å². The number of fused-ring (bicyclic) bond motifs is 3. The summed E-state index contributed by atoms with van der Waals surface area (Å²) in [6, 6.07) is 5.79. The van der Waals surface area contributed by atoms with E-state index in [-0.39, 0.29) is 35.9 Å². The van der Waals surface area contributed by atoms with Crippen LogP contribution in [0.25, 0.3) is 10.9 Å². The van der Waals surface area contributed by atoms with Gasteiger partial charge in [0.1, 0.15) is 6.04 Å². The van der Waals surface area contributed by atoms with E-state index in [1.165, 1.54) is 19.1 Å². The highest BCUT2D eigenvalue weighted by atomic mass is 35.5. The first-order valence-electron chi connectivity index (χ1n) is 10.8. The Morgan fingerprint density at radius 1 is 0.919 bits per heavy atom. The number of aromatic nitrogens is 3. The molecule has 1 aliphatic rings. The predicted octanol–water partition coefficient (Wildman–Crippen LogP) is 7.39. The minimum absolute atomic E-state index is 0.0260. The molecule has 5 rings (SSSR count). The van der Waals surface area contributed by atoms with Crippen molar-refractivity contribution in [3.8, 4) is 0 Å². The minimum Gasteiger partial charge on any atom is -0.356 e. The maximum atomic E-state index is 15.2. The molecule has 1 N–H and O–H groups in total. The largest absolute Gasteiger partial charge is 0.433 e. The van der Waals surface area contributed by atoms with Gasteiger partial charge in [-0.2, -0.15) is 26.3 Å². The standard InChI is InChI=1S/C24H15ClF8N4/c1-10-2-4-13(19(27)18(10)26)21-20-12(14-8-11(25)3-5-15(14)34-20)6-7-37(21)22-35-16(23(28,29)30)9-17(36-22)24(31,32)33/h2-5,8-9,21,34H,6-7H2,1H3. The highest BCUT2D eigenvalue weighted by Gasteiger charge is 2.42. The number of hydrogen-bond donors (Lipinski definition) is 1. The zero-order valence-electron chi connectivity index (χ0n) is 18.7. The Morgan fingerprint density at radius 2 is 1.57 bits per heavy atom. The number of halogens is 9. The normalized spacial score (nSPS) is 16.4. The number of nitrogens with zero attached hydrogens (tertiary/aromatic N) is 3. The summed E-state index contributed by atoms with van der Waals surface area (Å²) in [5, 5.41) is 1.03. The smallest absolute Gasteiger partial charge is 0.356 e. The van der Waals surface area contributed by atoms with E-state index in [9.17, 15) is 30.7 Å². The van der Waals surface area contributed by atoms with Crippen LogP contribution in [-0.4, -0.2) is 21.5 Å². The molecule has 0 saturated heterocycles. The molecule has 37 heavy (non-hydrogen) atoms. The Labute approximate surface area is 208 Å². The fraction of sp³-hybridized carbons (Fsp3) is 0.250. The predicted molar refractivity (Wildman–Crippen MR) is 119 cm³/mol. The zero-order chi connectivity index (χ0) is 26.9. The van der Waals surface area contributed by atoms with Crippen LogP contribution in [0.2, 0.25) is 5.02 Å². The third-order valence-corrected chi connectivity index (χ3v) is 6.48. The number of alkyl halides is 6. The quantitative estimate of drug-likeness (QED) is 0.267. The average Bonchev–Trinajstić information content (AvgIpc) is 3.19. The number of benzene rings is 2. The number of nitrogens with one attached hydrogen (secondary N) is 1. The van der Waals surface area contributed by atoms with E-state index in [1.54, 1.807) is 18.2 Å². The van der Waals surface area contributed by atoms with Gasteiger partial charge in [-0.1, -0.05) is 23.7 Å². The fourth-order valence-corrected chi connectivity index (χ4v) is 4.70. The van der Waals surface area contributed by atoms with E-state index < -0.39 is 47.4 Å². The Kier molecular flexibility index (Phi) is 5.85. The molecule has 0 saturated carbocycles. The first-order valence-corrected chi connectivity index (χ1v) is 11.2. The van der Waals surface area contributed by atoms with Crippen LogP contribution in [0, 0.1) is 18.6 Å². The van der Waals surface area contributed by atoms with Gasteiger partial charge in [0.25, 0.3) is 0 Å². The highest BCUT2D eigenvalue weighted by molar-refractivity contribution is 6.31. The van der Waals surface area contributed by atoms with Crippen molar-refractivity contribution in [1.29, 1.82) is 0 Å². The summed E-state index contributed by atoms with van der Waals surface area (Å²) in [6.45, 7) is 1.13. The molecule has 0 bridgehead atoms. The van der Waals surface area contributed by atoms with Crippen LogP contribution in [0.4, 0.5) is 41.1 Å². The van der Waals surface area contributed by atoms with Crippen molar-refractivity contribution in [1.82, 2.24) is 15.0 Å². The van der Waals surface area contributed by atoms with E-state index >= 15 is 4.39 Å². The topological polar surface area (TPSA) is 44.8 Å². The van der Waals surface area contributed by atoms with Gasteiger partial charge in [0.05, 0.1) is 0 Å². The van der Waals surface area contributed by atoms with Crippen LogP contribution in [0.5, 0.6) is 0 Å². The third-order valence-electron chi connectivity index (χ3n) is 6.24. The Morgan fingerprint density at radius 3 is 2.19 bits per heavy atom. The van der Waals surface area contributed by atoms with Crippen LogP contribution in [0.15, 0.2) is 36.4 Å². The molecule has 0 spiro atoms. The molecule has 0 radical (unpaired) electrons. The number of H-pyrrole nitrogens is 1. The number of aromatic amines is 1. The number of hydrogen-bond acceptors (Lipinski definition) is 3. The molecular formula is C24H15ClF8N4. The van der Waals surface area contributed by atoms with Crippen molar-refractivity contribution >= 4 is 28.5 Å². The second-order valence-corrected chi connectivity index (χ2v) is 9.02. The molecule has 4 nitrogen and oxygen atoms in total. The second-order valence-electron chi connectivity index (χ2n) is 8.59. The van der Waals surface area contributed by atoms with Crippen molar-refractivity contribution in [2.45, 2.75) is 31.7 Å². The summed E-state index contributed by atoms with van der Waals surface area (Å²) >= 11 is 6.11. The van der Waals surface area contributed by atoms with Gasteiger partial charge < -0.3 is 9.88 Å². The Balaban J connectivity index is 1.78. The molecule has 0 aliphatic carbocycles. The van der Waals surface area contributed by atoms with Crippen molar-refractivity contribution in [2.75, 3.05) is 11.4 Å². The van der Waals surface area contributed by atoms with E-state index in [4.69, 9.17) is 11.6 Å². The van der Waals surface area contributed by atoms with Gasteiger partial charge in [-0.25, -0.2) is 18.7 Å². The Hall–Kier alpha value is -3.41. The van der Waals surface area contributed by atoms with Crippen molar-refractivity contribution in [3.63, 3.8) is 0 Å². The maximum absolute atomic E-state index is 15.2. The fourth-order valence-electron chi connectivity index (χ4n) is 4.53. The average molecular weight is 547 g/mol. The van der Waals surface area contributed by atoms with Crippen LogP contribution in [0.3, 0.4) is 0 Å². The van der Waals surface area contributed by atoms with Crippen LogP contribution >= 0.6 is 11.6 Å². The number of rotatable bonds is 2. The summed E-state index contributed by atoms with van der Waals surface area (Å²) in [5.74, 6) is -3.40. The molecule has 1 aliphatic heterocycles. The van der Waals surface area contributed by atoms with Gasteiger partial charge in [0.2, 0.25) is 5.95 Å². The Bertz CT molecular complexity index is 1490. The summed E-state index contributed by atoms with van der Waals surface area (Å²) in [4.78, 5) is 10.8. The van der Waals surface area contributed by atoms with Gasteiger partial charge in [-0.05, 0) is 48.7 Å². The van der Waals surface area contributed by atoms with E-state index in [1.807, 2.05) is 0 Å². The van der Waals surface area contributed by atoms with Gasteiger partial charge in [0, 0.05) is 33.7 Å². The molecule has 2 aromatic carbocycles. The lowest BCUT2D eigenvalue weighted by Crippen LogP contribution is -2.38. The molecule has 0 amide bonds. The lowest BCUT2D eigenvalue weighted by Gasteiger charge is -2.37. The van der Waals surface area contributed by atoms with Gasteiger partial charge in [0.15, 0.2) is 23.0 Å². The first kappa shape index (κ1) is 25.2. The van der Waals surface area contributed by atoms with Gasteiger partial charge >= 0.3 is 12.4 Å². The van der Waals surface area contributed by atoms with Crippen LogP contribution in [0.1, 0.15) is 39.8 Å². The monoisotopic (exact) mass is 546 g/mol. The van der Waals surface area contributed by atoms with Crippen molar-refractivity contribution in [3.05, 3.63) is 86.8 Å². The molecule has 3 heterocycles. The molecular weight excluding hydrogens is 532 g/mol. The molecule has 13 heteroatoms. The lowest BCUT2D eigenvalue weighted by atomic mass is 9.91. The SMILES string of the molecule is Cc1ccc(C2c3[nH]c4ccc(Cl)cc4c3CCN2c2nc(C(F)(F)F)cc(C(F)(F)F)n2)c(F)c1F. The zero-order valence-corrected chi connectivity index (χ0v) is 19.5. The number of anilines is 1. The molecule has 1 atom stereocenters. The van der Waals surface area contributed by atoms with Gasteiger partial charge in [-0.3, -0.25) is 0 Å². The van der Waals surface area contributed by atoms with Gasteiger partial charge in [-0.15, -0.1) is 0 Å². The highest BCUT2D eigenvalue weighted by Crippen LogP contribution is 2.43. The number of aryl methyl sites for hydroxylation is 1. The van der Waals surface area contributed by atoms with Crippen molar-refractivity contribution in [2.24, 2.45) is 0 Å². The summed E-state index contributed by atoms with van der Waals surface area (Å²) < 4.78 is 111. The summed E-state index contributed by atoms with van der Waals surface area (Å²) in [5.41, 5.74) is -2.54. The van der Waals surface area contributed by atoms with E-state index in [0.29, 0.717) is 21.5 Å². The molecule has 194 valence electrons. The molecule has 1 unspecified atom stereocenters. The molecule has 2 aromatic heterocycles. The second kappa shape index (κ2) is 8.57. The molecule has 0 fully saturated rings. The minimum atomic E-state index is -5.22. The van der Waals surface area contributed by atoms with E-state index in [0.717, 1.165) is 4.90 Å². The maximum Gasteiger partial charge on any atom is 0.433 e. The third kappa shape index (κ3) is 4.36. The van der Waals surface area contributed by atoms with Crippen LogP contribution < -0.4 is 4.90 Å². The first-order chi connectivity index (χ1) is 17.3.